The Morgan fingerprint density at radius 3 is 2.75 bits per heavy atom. The lowest BCUT2D eigenvalue weighted by atomic mass is 10.1. The normalized spacial score (nSPS) is 11.9. The van der Waals surface area contributed by atoms with Crippen LogP contribution < -0.4 is 10.1 Å². The van der Waals surface area contributed by atoms with Crippen molar-refractivity contribution in [2.75, 3.05) is 13.2 Å². The van der Waals surface area contributed by atoms with E-state index in [-0.39, 0.29) is 18.8 Å². The molecule has 2 N–H and O–H groups in total. The molecule has 0 fully saturated rings. The average molecular weight is 394 g/mol. The van der Waals surface area contributed by atoms with Gasteiger partial charge in [-0.2, -0.15) is 13.2 Å². The zero-order chi connectivity index (χ0) is 20.0. The van der Waals surface area contributed by atoms with Crippen molar-refractivity contribution in [3.63, 3.8) is 0 Å². The molecule has 0 aliphatic carbocycles. The van der Waals surface area contributed by atoms with Gasteiger partial charge in [-0.1, -0.05) is 12.1 Å². The van der Waals surface area contributed by atoms with E-state index in [0.717, 1.165) is 28.5 Å². The Bertz CT molecular complexity index is 905. The zero-order valence-corrected chi connectivity index (χ0v) is 15.3. The minimum atomic E-state index is -4.15. The predicted octanol–water partition coefficient (Wildman–Crippen LogP) is 5.36. The highest BCUT2D eigenvalue weighted by molar-refractivity contribution is 5.83. The molecule has 0 saturated heterocycles. The first-order valence-electron chi connectivity index (χ1n) is 9.15. The van der Waals surface area contributed by atoms with Crippen molar-refractivity contribution >= 4 is 10.9 Å². The summed E-state index contributed by atoms with van der Waals surface area (Å²) in [7, 11) is 0. The minimum Gasteiger partial charge on any atom is -0.494 e. The molecular weight excluding hydrogens is 372 g/mol. The molecule has 3 rings (SSSR count). The van der Waals surface area contributed by atoms with Gasteiger partial charge in [0, 0.05) is 30.1 Å². The van der Waals surface area contributed by atoms with Crippen LogP contribution in [0.15, 0.2) is 48.7 Å². The number of benzene rings is 2. The number of H-pyrrole nitrogens is 1. The number of alkyl halides is 3. The first-order chi connectivity index (χ1) is 13.4. The van der Waals surface area contributed by atoms with Crippen LogP contribution in [0, 0.1) is 5.82 Å². The van der Waals surface area contributed by atoms with Crippen LogP contribution in [0.2, 0.25) is 0 Å². The van der Waals surface area contributed by atoms with Crippen molar-refractivity contribution < 1.29 is 22.3 Å². The number of ether oxygens (including phenoxy) is 1. The predicted molar refractivity (Wildman–Crippen MR) is 101 cm³/mol. The quantitative estimate of drug-likeness (QED) is 0.379. The number of nitrogens with one attached hydrogen (secondary N) is 2. The van der Waals surface area contributed by atoms with E-state index in [4.69, 9.17) is 4.74 Å². The lowest BCUT2D eigenvalue weighted by Crippen LogP contribution is -2.16. The van der Waals surface area contributed by atoms with E-state index in [0.29, 0.717) is 18.8 Å². The van der Waals surface area contributed by atoms with Crippen molar-refractivity contribution in [1.82, 2.24) is 10.3 Å². The number of aromatic amines is 1. The molecule has 0 radical (unpaired) electrons. The molecule has 0 aliphatic rings. The van der Waals surface area contributed by atoms with Gasteiger partial charge in [0.05, 0.1) is 6.61 Å². The minimum absolute atomic E-state index is 0.0352. The van der Waals surface area contributed by atoms with Crippen LogP contribution >= 0.6 is 0 Å². The molecular formula is C21H22F4N2O. The van der Waals surface area contributed by atoms with E-state index in [1.807, 2.05) is 24.4 Å². The number of aromatic nitrogens is 1. The SMILES string of the molecule is Fc1ccc2[nH]cc(CCNCc3cccc(OCCCC(F)(F)F)c3)c2c1. The molecule has 2 aromatic carbocycles. The summed E-state index contributed by atoms with van der Waals surface area (Å²) in [5.74, 6) is 0.307. The first-order valence-corrected chi connectivity index (χ1v) is 9.15. The molecule has 0 atom stereocenters. The van der Waals surface area contributed by atoms with Gasteiger partial charge in [0.2, 0.25) is 0 Å². The molecule has 0 aliphatic heterocycles. The first kappa shape index (κ1) is 20.2. The monoisotopic (exact) mass is 394 g/mol. The topological polar surface area (TPSA) is 37.0 Å². The Labute approximate surface area is 160 Å². The van der Waals surface area contributed by atoms with E-state index >= 15 is 0 Å². The van der Waals surface area contributed by atoms with E-state index in [1.165, 1.54) is 12.1 Å². The van der Waals surface area contributed by atoms with E-state index in [2.05, 4.69) is 10.3 Å². The van der Waals surface area contributed by atoms with Crippen LogP contribution in [0.5, 0.6) is 5.75 Å². The summed E-state index contributed by atoms with van der Waals surface area (Å²) in [6.45, 7) is 1.35. The van der Waals surface area contributed by atoms with Gasteiger partial charge in [0.25, 0.3) is 0 Å². The Hall–Kier alpha value is -2.54. The van der Waals surface area contributed by atoms with E-state index < -0.39 is 12.6 Å². The smallest absolute Gasteiger partial charge is 0.389 e. The molecule has 3 nitrogen and oxygen atoms in total. The molecule has 1 heterocycles. The van der Waals surface area contributed by atoms with Crippen LogP contribution in [0.4, 0.5) is 17.6 Å². The molecule has 0 saturated carbocycles. The molecule has 150 valence electrons. The van der Waals surface area contributed by atoms with Gasteiger partial charge >= 0.3 is 6.18 Å². The van der Waals surface area contributed by atoms with Gasteiger partial charge in [0.15, 0.2) is 0 Å². The second kappa shape index (κ2) is 9.10. The van der Waals surface area contributed by atoms with Gasteiger partial charge in [-0.05, 0) is 60.8 Å². The van der Waals surface area contributed by atoms with Crippen LogP contribution in [-0.4, -0.2) is 24.3 Å². The number of fused-ring (bicyclic) bond motifs is 1. The van der Waals surface area contributed by atoms with Crippen LogP contribution in [-0.2, 0) is 13.0 Å². The Kier molecular flexibility index (Phi) is 6.57. The zero-order valence-electron chi connectivity index (χ0n) is 15.3. The van der Waals surface area contributed by atoms with E-state index in [1.54, 1.807) is 12.1 Å². The third-order valence-electron chi connectivity index (χ3n) is 4.40. The molecule has 0 spiro atoms. The highest BCUT2D eigenvalue weighted by atomic mass is 19.4. The molecule has 7 heteroatoms. The van der Waals surface area contributed by atoms with Crippen LogP contribution in [0.25, 0.3) is 10.9 Å². The summed E-state index contributed by atoms with van der Waals surface area (Å²) in [5, 5.41) is 4.21. The fraction of sp³-hybridized carbons (Fsp3) is 0.333. The third kappa shape index (κ3) is 5.99. The second-order valence-electron chi connectivity index (χ2n) is 6.65. The number of hydrogen-bond donors (Lipinski definition) is 2. The molecule has 0 amide bonds. The van der Waals surface area contributed by atoms with Gasteiger partial charge in [-0.3, -0.25) is 0 Å². The summed E-state index contributed by atoms with van der Waals surface area (Å²) in [6.07, 6.45) is -2.41. The molecule has 0 unspecified atom stereocenters. The number of hydrogen-bond acceptors (Lipinski definition) is 2. The maximum absolute atomic E-state index is 13.4. The number of halogens is 4. The summed E-state index contributed by atoms with van der Waals surface area (Å²) < 4.78 is 55.2. The Morgan fingerprint density at radius 2 is 1.93 bits per heavy atom. The lowest BCUT2D eigenvalue weighted by Gasteiger charge is -2.10. The Balaban J connectivity index is 1.44. The fourth-order valence-corrected chi connectivity index (χ4v) is 3.02. The standard InChI is InChI=1S/C21H22F4N2O/c22-17-5-6-20-19(12-17)16(14-27-20)7-9-26-13-15-3-1-4-18(11-15)28-10-2-8-21(23,24)25/h1,3-6,11-12,14,26-27H,2,7-10,13H2. The highest BCUT2D eigenvalue weighted by Gasteiger charge is 2.26. The summed E-state index contributed by atoms with van der Waals surface area (Å²) in [5.41, 5.74) is 2.94. The molecule has 28 heavy (non-hydrogen) atoms. The van der Waals surface area contributed by atoms with Crippen molar-refractivity contribution in [2.24, 2.45) is 0 Å². The fourth-order valence-electron chi connectivity index (χ4n) is 3.02. The Morgan fingerprint density at radius 1 is 1.07 bits per heavy atom. The van der Waals surface area contributed by atoms with E-state index in [9.17, 15) is 17.6 Å². The second-order valence-corrected chi connectivity index (χ2v) is 6.65. The third-order valence-corrected chi connectivity index (χ3v) is 4.40. The van der Waals surface area contributed by atoms with Crippen LogP contribution in [0.3, 0.4) is 0 Å². The van der Waals surface area contributed by atoms with Crippen molar-refractivity contribution in [3.05, 3.63) is 65.6 Å². The van der Waals surface area contributed by atoms with Gasteiger partial charge in [0.1, 0.15) is 11.6 Å². The highest BCUT2D eigenvalue weighted by Crippen LogP contribution is 2.22. The van der Waals surface area contributed by atoms with Gasteiger partial charge in [-0.15, -0.1) is 0 Å². The average Bonchev–Trinajstić information content (AvgIpc) is 3.04. The molecule has 0 bridgehead atoms. The van der Waals surface area contributed by atoms with Crippen molar-refractivity contribution in [3.8, 4) is 5.75 Å². The molecule has 1 aromatic heterocycles. The lowest BCUT2D eigenvalue weighted by molar-refractivity contribution is -0.136. The maximum Gasteiger partial charge on any atom is 0.389 e. The van der Waals surface area contributed by atoms with Crippen LogP contribution in [0.1, 0.15) is 24.0 Å². The summed E-state index contributed by atoms with van der Waals surface area (Å²) in [4.78, 5) is 3.13. The van der Waals surface area contributed by atoms with Gasteiger partial charge < -0.3 is 15.0 Å². The summed E-state index contributed by atoms with van der Waals surface area (Å²) >= 11 is 0. The maximum atomic E-state index is 13.4. The summed E-state index contributed by atoms with van der Waals surface area (Å²) in [6, 6.07) is 12.0. The van der Waals surface area contributed by atoms with Crippen molar-refractivity contribution in [1.29, 1.82) is 0 Å². The largest absolute Gasteiger partial charge is 0.494 e. The number of rotatable bonds is 9. The molecule has 3 aromatic rings. The van der Waals surface area contributed by atoms with Crippen molar-refractivity contribution in [2.45, 2.75) is 32.0 Å². The van der Waals surface area contributed by atoms with Gasteiger partial charge in [-0.25, -0.2) is 4.39 Å².